The maximum atomic E-state index is 13.8. The molecule has 120 valence electrons. The highest BCUT2D eigenvalue weighted by atomic mass is 35.5. The fourth-order valence-electron chi connectivity index (χ4n) is 3.36. The Morgan fingerprint density at radius 2 is 2.23 bits per heavy atom. The molecule has 3 nitrogen and oxygen atoms in total. The number of aromatic nitrogens is 1. The molecular weight excluding hydrogens is 301 g/mol. The van der Waals surface area contributed by atoms with Crippen LogP contribution in [0.4, 0.5) is 4.39 Å². The first-order chi connectivity index (χ1) is 10.3. The van der Waals surface area contributed by atoms with Crippen LogP contribution in [0.1, 0.15) is 24.8 Å². The lowest BCUT2D eigenvalue weighted by Gasteiger charge is -2.32. The fraction of sp³-hybridized carbons (Fsp3) is 0.471. The van der Waals surface area contributed by atoms with Crippen molar-refractivity contribution < 1.29 is 4.39 Å². The van der Waals surface area contributed by atoms with Gasteiger partial charge in [0.15, 0.2) is 0 Å². The maximum Gasteiger partial charge on any atom is 0.124 e. The molecule has 1 unspecified atom stereocenters. The van der Waals surface area contributed by atoms with Gasteiger partial charge in [-0.3, -0.25) is 9.88 Å². The molecule has 1 aromatic heterocycles. The molecule has 1 fully saturated rings. The Balaban J connectivity index is 0.00000176. The van der Waals surface area contributed by atoms with E-state index in [0.717, 1.165) is 49.1 Å². The zero-order chi connectivity index (χ0) is 14.7. The highest BCUT2D eigenvalue weighted by molar-refractivity contribution is 5.85. The molecule has 0 saturated carbocycles. The Morgan fingerprint density at radius 3 is 3.05 bits per heavy atom. The number of nitrogens with zero attached hydrogens (tertiary/aromatic N) is 2. The first-order valence-electron chi connectivity index (χ1n) is 7.72. The van der Waals surface area contributed by atoms with Crippen LogP contribution in [0.15, 0.2) is 30.5 Å². The van der Waals surface area contributed by atoms with Gasteiger partial charge in [-0.1, -0.05) is 6.07 Å². The Kier molecular flexibility index (Phi) is 6.12. The molecule has 1 aromatic carbocycles. The van der Waals surface area contributed by atoms with Crippen molar-refractivity contribution >= 4 is 23.3 Å². The van der Waals surface area contributed by atoms with Gasteiger partial charge in [0, 0.05) is 24.7 Å². The van der Waals surface area contributed by atoms with E-state index in [1.54, 1.807) is 18.3 Å². The van der Waals surface area contributed by atoms with E-state index < -0.39 is 0 Å². The number of hydrogen-bond acceptors (Lipinski definition) is 3. The number of likely N-dealkylation sites (tertiary alicyclic amines) is 1. The molecule has 2 N–H and O–H groups in total. The summed E-state index contributed by atoms with van der Waals surface area (Å²) >= 11 is 0. The molecule has 1 aliphatic rings. The molecule has 1 saturated heterocycles. The Labute approximate surface area is 137 Å². The molecule has 2 aromatic rings. The standard InChI is InChI=1S/C17H22FN3.ClH/c18-16-9-14-4-1-7-20-17(14)15(10-16)12-21-8-2-3-13(11-21)5-6-19;/h1,4,7,9-10,13H,2-3,5-6,8,11-12,19H2;1H. The summed E-state index contributed by atoms with van der Waals surface area (Å²) in [7, 11) is 0. The topological polar surface area (TPSA) is 42.1 Å². The molecule has 0 radical (unpaired) electrons. The molecule has 0 amide bonds. The second-order valence-corrected chi connectivity index (χ2v) is 5.96. The summed E-state index contributed by atoms with van der Waals surface area (Å²) in [5.74, 6) is 0.498. The van der Waals surface area contributed by atoms with Gasteiger partial charge in [0.25, 0.3) is 0 Å². The predicted octanol–water partition coefficient (Wildman–Crippen LogP) is 3.36. The number of rotatable bonds is 4. The van der Waals surface area contributed by atoms with Gasteiger partial charge in [0.05, 0.1) is 5.52 Å². The SMILES string of the molecule is Cl.NCCC1CCCN(Cc2cc(F)cc3cccnc23)C1. The number of nitrogens with two attached hydrogens (primary N) is 1. The number of piperidine rings is 1. The van der Waals surface area contributed by atoms with Crippen LogP contribution in [0.2, 0.25) is 0 Å². The van der Waals surface area contributed by atoms with E-state index in [2.05, 4.69) is 9.88 Å². The van der Waals surface area contributed by atoms with Gasteiger partial charge in [-0.15, -0.1) is 12.4 Å². The molecule has 1 aliphatic heterocycles. The van der Waals surface area contributed by atoms with Gasteiger partial charge in [-0.25, -0.2) is 4.39 Å². The van der Waals surface area contributed by atoms with Crippen molar-refractivity contribution in [2.24, 2.45) is 11.7 Å². The van der Waals surface area contributed by atoms with Crippen molar-refractivity contribution in [2.75, 3.05) is 19.6 Å². The molecule has 0 spiro atoms. The first kappa shape index (κ1) is 17.1. The van der Waals surface area contributed by atoms with Crippen LogP contribution in [-0.4, -0.2) is 29.5 Å². The highest BCUT2D eigenvalue weighted by Gasteiger charge is 2.20. The molecule has 2 heterocycles. The smallest absolute Gasteiger partial charge is 0.124 e. The van der Waals surface area contributed by atoms with Gasteiger partial charge in [-0.2, -0.15) is 0 Å². The van der Waals surface area contributed by atoms with E-state index in [1.807, 2.05) is 12.1 Å². The number of fused-ring (bicyclic) bond motifs is 1. The van der Waals surface area contributed by atoms with Crippen LogP contribution in [0.25, 0.3) is 10.9 Å². The molecule has 1 atom stereocenters. The minimum atomic E-state index is -0.180. The highest BCUT2D eigenvalue weighted by Crippen LogP contribution is 2.24. The number of pyridine rings is 1. The van der Waals surface area contributed by atoms with Gasteiger partial charge in [-0.05, 0) is 62.0 Å². The number of hydrogen-bond donors (Lipinski definition) is 1. The quantitative estimate of drug-likeness (QED) is 0.938. The molecule has 22 heavy (non-hydrogen) atoms. The van der Waals surface area contributed by atoms with Crippen molar-refractivity contribution in [3.8, 4) is 0 Å². The zero-order valence-corrected chi connectivity index (χ0v) is 13.5. The van der Waals surface area contributed by atoms with Crippen LogP contribution in [0.3, 0.4) is 0 Å². The third-order valence-corrected chi connectivity index (χ3v) is 4.32. The minimum Gasteiger partial charge on any atom is -0.330 e. The summed E-state index contributed by atoms with van der Waals surface area (Å²) in [5, 5.41) is 0.878. The predicted molar refractivity (Wildman–Crippen MR) is 90.6 cm³/mol. The van der Waals surface area contributed by atoms with Crippen LogP contribution in [0.5, 0.6) is 0 Å². The van der Waals surface area contributed by atoms with Gasteiger partial charge >= 0.3 is 0 Å². The second kappa shape index (κ2) is 7.86. The summed E-state index contributed by atoms with van der Waals surface area (Å²) in [5.41, 5.74) is 7.58. The molecule has 5 heteroatoms. The Morgan fingerprint density at radius 1 is 1.36 bits per heavy atom. The monoisotopic (exact) mass is 323 g/mol. The lowest BCUT2D eigenvalue weighted by atomic mass is 9.94. The van der Waals surface area contributed by atoms with E-state index in [9.17, 15) is 4.39 Å². The van der Waals surface area contributed by atoms with E-state index in [1.165, 1.54) is 12.8 Å². The van der Waals surface area contributed by atoms with E-state index >= 15 is 0 Å². The largest absolute Gasteiger partial charge is 0.330 e. The molecule has 0 aliphatic carbocycles. The average Bonchev–Trinajstić information content (AvgIpc) is 2.48. The maximum absolute atomic E-state index is 13.8. The van der Waals surface area contributed by atoms with E-state index in [-0.39, 0.29) is 18.2 Å². The number of benzene rings is 1. The van der Waals surface area contributed by atoms with Crippen LogP contribution >= 0.6 is 12.4 Å². The van der Waals surface area contributed by atoms with Crippen LogP contribution in [0, 0.1) is 11.7 Å². The molecular formula is C17H23ClFN3. The van der Waals surface area contributed by atoms with Gasteiger partial charge < -0.3 is 5.73 Å². The van der Waals surface area contributed by atoms with E-state index in [4.69, 9.17) is 5.73 Å². The lowest BCUT2D eigenvalue weighted by molar-refractivity contribution is 0.163. The first-order valence-corrected chi connectivity index (χ1v) is 7.72. The molecule has 0 bridgehead atoms. The second-order valence-electron chi connectivity index (χ2n) is 5.96. The summed E-state index contributed by atoms with van der Waals surface area (Å²) in [6, 6.07) is 6.95. The fourth-order valence-corrected chi connectivity index (χ4v) is 3.36. The van der Waals surface area contributed by atoms with Crippen LogP contribution < -0.4 is 5.73 Å². The lowest BCUT2D eigenvalue weighted by Crippen LogP contribution is -2.35. The summed E-state index contributed by atoms with van der Waals surface area (Å²) in [4.78, 5) is 6.84. The van der Waals surface area contributed by atoms with Crippen molar-refractivity contribution in [3.63, 3.8) is 0 Å². The van der Waals surface area contributed by atoms with Crippen molar-refractivity contribution in [2.45, 2.75) is 25.8 Å². The number of halogens is 2. The minimum absolute atomic E-state index is 0. The van der Waals surface area contributed by atoms with E-state index in [0.29, 0.717) is 5.92 Å². The average molecular weight is 324 g/mol. The summed E-state index contributed by atoms with van der Waals surface area (Å²) < 4.78 is 13.8. The van der Waals surface area contributed by atoms with Crippen LogP contribution in [-0.2, 0) is 6.54 Å². The van der Waals surface area contributed by atoms with Crippen molar-refractivity contribution in [1.82, 2.24) is 9.88 Å². The third-order valence-electron chi connectivity index (χ3n) is 4.32. The third kappa shape index (κ3) is 3.94. The molecule has 3 rings (SSSR count). The zero-order valence-electron chi connectivity index (χ0n) is 12.7. The summed E-state index contributed by atoms with van der Waals surface area (Å²) in [6.45, 7) is 3.66. The Bertz CT molecular complexity index is 618. The van der Waals surface area contributed by atoms with Crippen molar-refractivity contribution in [1.29, 1.82) is 0 Å². The van der Waals surface area contributed by atoms with Crippen molar-refractivity contribution in [3.05, 3.63) is 41.8 Å². The van der Waals surface area contributed by atoms with Gasteiger partial charge in [0.2, 0.25) is 0 Å². The Hall–Kier alpha value is -1.23. The van der Waals surface area contributed by atoms with Gasteiger partial charge in [0.1, 0.15) is 5.82 Å². The normalized spacial score (nSPS) is 19.1. The summed E-state index contributed by atoms with van der Waals surface area (Å²) in [6.07, 6.45) is 5.32.